The molecule has 1 amide bonds. The van der Waals surface area contributed by atoms with Gasteiger partial charge in [0.15, 0.2) is 0 Å². The number of nitrogens with zero attached hydrogens (tertiary/aromatic N) is 1. The van der Waals surface area contributed by atoms with E-state index >= 15 is 0 Å². The fraction of sp³-hybridized carbons (Fsp3) is 0.667. The van der Waals surface area contributed by atoms with Crippen LogP contribution in [0.15, 0.2) is 22.6 Å². The number of carbonyl (C=O) groups excluding carboxylic acids is 2. The SMILES string of the molecule is CC1=CC(C(O)C(C)=Cc2csc(C)n2)NC(=O)CC(O)C(C)(C)C(=O)C(C)C(O)C(C)CCC1. The molecule has 1 aromatic rings. The van der Waals surface area contributed by atoms with Crippen LogP contribution in [0.5, 0.6) is 0 Å². The molecule has 0 saturated heterocycles. The van der Waals surface area contributed by atoms with Crippen molar-refractivity contribution in [2.45, 2.75) is 98.5 Å². The first-order valence-corrected chi connectivity index (χ1v) is 13.3. The first kappa shape index (κ1) is 29.4. The number of amides is 1. The van der Waals surface area contributed by atoms with E-state index in [1.54, 1.807) is 33.8 Å². The number of hydrogen-bond acceptors (Lipinski definition) is 7. The van der Waals surface area contributed by atoms with E-state index in [1.165, 1.54) is 11.3 Å². The third kappa shape index (κ3) is 7.81. The van der Waals surface area contributed by atoms with Gasteiger partial charge >= 0.3 is 0 Å². The van der Waals surface area contributed by atoms with Crippen LogP contribution in [0.25, 0.3) is 6.08 Å². The third-order valence-electron chi connectivity index (χ3n) is 7.20. The van der Waals surface area contributed by atoms with Crippen molar-refractivity contribution in [1.29, 1.82) is 0 Å². The molecule has 2 rings (SSSR count). The van der Waals surface area contributed by atoms with Gasteiger partial charge in [-0.15, -0.1) is 11.3 Å². The number of aliphatic hydroxyl groups is 3. The lowest BCUT2D eigenvalue weighted by Gasteiger charge is -2.34. The first-order valence-electron chi connectivity index (χ1n) is 12.4. The highest BCUT2D eigenvalue weighted by molar-refractivity contribution is 7.09. The zero-order valence-corrected chi connectivity index (χ0v) is 22.9. The molecule has 0 radical (unpaired) electrons. The molecule has 0 spiro atoms. The smallest absolute Gasteiger partial charge is 0.223 e. The molecular weight excluding hydrogens is 464 g/mol. The maximum Gasteiger partial charge on any atom is 0.223 e. The Balaban J connectivity index is 2.35. The van der Waals surface area contributed by atoms with Gasteiger partial charge in [0.2, 0.25) is 5.91 Å². The Morgan fingerprint density at radius 1 is 1.26 bits per heavy atom. The minimum Gasteiger partial charge on any atom is -0.392 e. The van der Waals surface area contributed by atoms with Gasteiger partial charge in [-0.2, -0.15) is 0 Å². The average Bonchev–Trinajstić information content (AvgIpc) is 3.19. The van der Waals surface area contributed by atoms with Crippen LogP contribution in [0.3, 0.4) is 0 Å². The van der Waals surface area contributed by atoms with Crippen molar-refractivity contribution in [3.63, 3.8) is 0 Å². The molecular formula is C27H42N2O5S. The molecule has 1 aliphatic heterocycles. The minimum atomic E-state index is -1.23. The van der Waals surface area contributed by atoms with Crippen molar-refractivity contribution in [2.24, 2.45) is 17.3 Å². The predicted octanol–water partition coefficient (Wildman–Crippen LogP) is 3.81. The van der Waals surface area contributed by atoms with Crippen molar-refractivity contribution < 1.29 is 24.9 Å². The topological polar surface area (TPSA) is 120 Å². The summed E-state index contributed by atoms with van der Waals surface area (Å²) in [6.45, 7) is 12.5. The molecule has 0 fully saturated rings. The minimum absolute atomic E-state index is 0.0901. The van der Waals surface area contributed by atoms with Gasteiger partial charge in [0, 0.05) is 11.3 Å². The molecule has 0 aliphatic carbocycles. The first-order chi connectivity index (χ1) is 16.2. The molecule has 8 heteroatoms. The lowest BCUT2D eigenvalue weighted by molar-refractivity contribution is -0.143. The van der Waals surface area contributed by atoms with Crippen LogP contribution >= 0.6 is 11.3 Å². The molecule has 6 atom stereocenters. The number of carbonyl (C=O) groups is 2. The predicted molar refractivity (Wildman–Crippen MR) is 140 cm³/mol. The maximum absolute atomic E-state index is 13.2. The van der Waals surface area contributed by atoms with E-state index in [4.69, 9.17) is 0 Å². The molecule has 0 bridgehead atoms. The Kier molecular flexibility index (Phi) is 10.4. The van der Waals surface area contributed by atoms with Crippen molar-refractivity contribution in [3.8, 4) is 0 Å². The second-order valence-electron chi connectivity index (χ2n) is 10.7. The molecule has 7 nitrogen and oxygen atoms in total. The Hall–Kier alpha value is -1.87. The summed E-state index contributed by atoms with van der Waals surface area (Å²) in [6.07, 6.45) is 2.60. The molecule has 0 aromatic carbocycles. The fourth-order valence-electron chi connectivity index (χ4n) is 4.60. The summed E-state index contributed by atoms with van der Waals surface area (Å²) in [5, 5.41) is 38.4. The van der Waals surface area contributed by atoms with Gasteiger partial charge in [0.25, 0.3) is 0 Å². The second-order valence-corrected chi connectivity index (χ2v) is 11.7. The monoisotopic (exact) mass is 506 g/mol. The van der Waals surface area contributed by atoms with E-state index in [0.29, 0.717) is 5.57 Å². The molecule has 0 saturated carbocycles. The van der Waals surface area contributed by atoms with Gasteiger partial charge in [-0.05, 0) is 57.6 Å². The Morgan fingerprint density at radius 2 is 1.91 bits per heavy atom. The fourth-order valence-corrected chi connectivity index (χ4v) is 5.17. The molecule has 1 aromatic heterocycles. The highest BCUT2D eigenvalue weighted by Gasteiger charge is 2.42. The van der Waals surface area contributed by atoms with Gasteiger partial charge in [0.05, 0.1) is 46.9 Å². The number of thiazole rings is 1. The van der Waals surface area contributed by atoms with Crippen LogP contribution in [0.2, 0.25) is 0 Å². The van der Waals surface area contributed by atoms with E-state index in [-0.39, 0.29) is 18.1 Å². The van der Waals surface area contributed by atoms with Crippen molar-refractivity contribution in [3.05, 3.63) is 33.3 Å². The number of ketones is 1. The number of allylic oxidation sites excluding steroid dienone is 1. The Morgan fingerprint density at radius 3 is 2.51 bits per heavy atom. The van der Waals surface area contributed by atoms with E-state index in [2.05, 4.69) is 10.3 Å². The Bertz CT molecular complexity index is 951. The van der Waals surface area contributed by atoms with E-state index in [1.807, 2.05) is 32.2 Å². The van der Waals surface area contributed by atoms with Crippen molar-refractivity contribution >= 4 is 29.1 Å². The largest absolute Gasteiger partial charge is 0.392 e. The number of Topliss-reactive ketones (excluding diaryl/α,β-unsaturated/α-hetero) is 1. The van der Waals surface area contributed by atoms with Crippen LogP contribution in [0.1, 0.15) is 77.9 Å². The van der Waals surface area contributed by atoms with Gasteiger partial charge < -0.3 is 20.6 Å². The summed E-state index contributed by atoms with van der Waals surface area (Å²) >= 11 is 1.52. The summed E-state index contributed by atoms with van der Waals surface area (Å²) in [5.41, 5.74) is 1.21. The molecule has 6 unspecified atom stereocenters. The second kappa shape index (κ2) is 12.4. The molecule has 4 N–H and O–H groups in total. The number of hydrogen-bond donors (Lipinski definition) is 4. The summed E-state index contributed by atoms with van der Waals surface area (Å²) in [5.74, 6) is -1.47. The lowest BCUT2D eigenvalue weighted by atomic mass is 9.73. The van der Waals surface area contributed by atoms with Crippen LogP contribution in [0, 0.1) is 24.2 Å². The van der Waals surface area contributed by atoms with Crippen LogP contribution in [-0.2, 0) is 9.59 Å². The number of nitrogens with one attached hydrogen (secondary N) is 1. The quantitative estimate of drug-likeness (QED) is 0.463. The van der Waals surface area contributed by atoms with Crippen LogP contribution < -0.4 is 5.32 Å². The van der Waals surface area contributed by atoms with Crippen LogP contribution in [-0.4, -0.2) is 56.3 Å². The molecule has 196 valence electrons. The standard InChI is InChI=1S/C27H42N2O5S/c1-15-9-8-10-16(2)24(32)18(4)26(34)27(6,7)22(30)13-23(31)29-21(11-15)25(33)17(3)12-20-14-35-19(5)28-20/h11-12,14,16,18,21-22,24-25,30,32-33H,8-10,13H2,1-7H3,(H,29,31). The molecule has 2 heterocycles. The maximum atomic E-state index is 13.2. The van der Waals surface area contributed by atoms with Crippen molar-refractivity contribution in [1.82, 2.24) is 10.3 Å². The normalized spacial score (nSPS) is 30.6. The van der Waals surface area contributed by atoms with Crippen LogP contribution in [0.4, 0.5) is 0 Å². The van der Waals surface area contributed by atoms with Gasteiger partial charge in [0.1, 0.15) is 5.78 Å². The molecule has 1 aliphatic rings. The zero-order valence-electron chi connectivity index (χ0n) is 22.0. The average molecular weight is 507 g/mol. The van der Waals surface area contributed by atoms with Gasteiger partial charge in [-0.3, -0.25) is 9.59 Å². The highest BCUT2D eigenvalue weighted by atomic mass is 32.1. The third-order valence-corrected chi connectivity index (χ3v) is 7.99. The van der Waals surface area contributed by atoms with Gasteiger partial charge in [-0.1, -0.05) is 39.3 Å². The summed E-state index contributed by atoms with van der Waals surface area (Å²) in [7, 11) is 0. The Labute approximate surface area is 213 Å². The van der Waals surface area contributed by atoms with Crippen molar-refractivity contribution in [2.75, 3.05) is 0 Å². The lowest BCUT2D eigenvalue weighted by Crippen LogP contribution is -2.48. The summed E-state index contributed by atoms with van der Waals surface area (Å²) in [4.78, 5) is 30.5. The zero-order chi connectivity index (χ0) is 26.5. The number of aromatic nitrogens is 1. The molecule has 35 heavy (non-hydrogen) atoms. The van der Waals surface area contributed by atoms with E-state index < -0.39 is 41.6 Å². The number of rotatable bonds is 3. The number of aliphatic hydroxyl groups excluding tert-OH is 3. The van der Waals surface area contributed by atoms with E-state index in [0.717, 1.165) is 35.5 Å². The summed E-state index contributed by atoms with van der Waals surface area (Å²) in [6, 6.07) is -0.698. The number of aryl methyl sites for hydroxylation is 1. The van der Waals surface area contributed by atoms with E-state index in [9.17, 15) is 24.9 Å². The highest BCUT2D eigenvalue weighted by Crippen LogP contribution is 2.32. The summed E-state index contributed by atoms with van der Waals surface area (Å²) < 4.78 is 0. The van der Waals surface area contributed by atoms with Gasteiger partial charge in [-0.25, -0.2) is 4.98 Å².